The Bertz CT molecular complexity index is 1010. The number of rotatable bonds is 14. The van der Waals surface area contributed by atoms with E-state index in [0.29, 0.717) is 17.9 Å². The minimum absolute atomic E-state index is 0. The van der Waals surface area contributed by atoms with Crippen LogP contribution in [-0.2, 0) is 16.6 Å². The Morgan fingerprint density at radius 2 is 1.36 bits per heavy atom. The standard InChI is InChI=1S/C28H40N2O5.ClH/c1-27(2,35-8)28(20-29,22-11-13-24(32-5)26(19-22)34-7)15-9-16-30(3)17-14-21-10-12-23(31-4)25(18-21)33-6;/h10-13,18-19H,9,14-17H2,1-8H3;1H. The molecule has 200 valence electrons. The molecular weight excluding hydrogens is 480 g/mol. The van der Waals surface area contributed by atoms with Crippen LogP contribution in [0.3, 0.4) is 0 Å². The number of halogens is 1. The summed E-state index contributed by atoms with van der Waals surface area (Å²) < 4.78 is 27.5. The van der Waals surface area contributed by atoms with E-state index in [-0.39, 0.29) is 12.4 Å². The largest absolute Gasteiger partial charge is 0.493 e. The zero-order valence-electron chi connectivity index (χ0n) is 22.8. The lowest BCUT2D eigenvalue weighted by Gasteiger charge is -2.41. The van der Waals surface area contributed by atoms with Gasteiger partial charge in [0.15, 0.2) is 23.0 Å². The number of nitriles is 1. The molecule has 1 unspecified atom stereocenters. The molecule has 1 atom stereocenters. The minimum Gasteiger partial charge on any atom is -0.493 e. The molecule has 0 aliphatic rings. The highest BCUT2D eigenvalue weighted by atomic mass is 35.5. The molecule has 0 fully saturated rings. The normalized spacial score (nSPS) is 12.8. The van der Waals surface area contributed by atoms with Crippen molar-refractivity contribution < 1.29 is 23.7 Å². The summed E-state index contributed by atoms with van der Waals surface area (Å²) in [6.45, 7) is 5.67. The third kappa shape index (κ3) is 6.97. The van der Waals surface area contributed by atoms with Crippen LogP contribution in [-0.4, -0.2) is 66.2 Å². The first-order chi connectivity index (χ1) is 16.7. The third-order valence-electron chi connectivity index (χ3n) is 6.93. The number of nitrogens with zero attached hydrogens (tertiary/aromatic N) is 2. The van der Waals surface area contributed by atoms with Crippen LogP contribution in [0.15, 0.2) is 36.4 Å². The lowest BCUT2D eigenvalue weighted by atomic mass is 9.66. The zero-order valence-corrected chi connectivity index (χ0v) is 23.7. The zero-order chi connectivity index (χ0) is 26.1. The van der Waals surface area contributed by atoms with Gasteiger partial charge < -0.3 is 28.6 Å². The predicted octanol–water partition coefficient (Wildman–Crippen LogP) is 5.28. The Kier molecular flexibility index (Phi) is 12.4. The first-order valence-corrected chi connectivity index (χ1v) is 11.8. The molecule has 0 saturated heterocycles. The van der Waals surface area contributed by atoms with Gasteiger partial charge in [0.05, 0.1) is 40.1 Å². The molecule has 7 nitrogen and oxygen atoms in total. The molecule has 0 heterocycles. The number of methoxy groups -OCH3 is 5. The molecule has 0 spiro atoms. The van der Waals surface area contributed by atoms with E-state index in [2.05, 4.69) is 24.1 Å². The Morgan fingerprint density at radius 3 is 1.89 bits per heavy atom. The maximum Gasteiger partial charge on any atom is 0.161 e. The van der Waals surface area contributed by atoms with E-state index in [4.69, 9.17) is 23.7 Å². The topological polar surface area (TPSA) is 73.2 Å². The minimum atomic E-state index is -0.856. The first kappa shape index (κ1) is 31.4. The number of benzene rings is 2. The summed E-state index contributed by atoms with van der Waals surface area (Å²) in [7, 11) is 10.2. The third-order valence-corrected chi connectivity index (χ3v) is 6.93. The molecule has 0 saturated carbocycles. The Balaban J connectivity index is 0.00000648. The summed E-state index contributed by atoms with van der Waals surface area (Å²) in [6, 6.07) is 14.3. The highest BCUT2D eigenvalue weighted by Crippen LogP contribution is 2.44. The predicted molar refractivity (Wildman–Crippen MR) is 145 cm³/mol. The summed E-state index contributed by atoms with van der Waals surface area (Å²) in [5.41, 5.74) is 0.481. The highest BCUT2D eigenvalue weighted by Gasteiger charge is 2.47. The van der Waals surface area contributed by atoms with E-state index in [9.17, 15) is 5.26 Å². The molecule has 0 aliphatic heterocycles. The van der Waals surface area contributed by atoms with E-state index in [1.54, 1.807) is 35.5 Å². The summed E-state index contributed by atoms with van der Waals surface area (Å²) in [6.07, 6.45) is 2.36. The lowest BCUT2D eigenvalue weighted by Crippen LogP contribution is -2.48. The van der Waals surface area contributed by atoms with E-state index in [1.807, 2.05) is 44.2 Å². The molecule has 8 heteroatoms. The molecular formula is C28H41ClN2O5. The van der Waals surface area contributed by atoms with Crippen molar-refractivity contribution in [1.82, 2.24) is 4.90 Å². The van der Waals surface area contributed by atoms with Gasteiger partial charge in [-0.3, -0.25) is 0 Å². The monoisotopic (exact) mass is 520 g/mol. The summed E-state index contributed by atoms with van der Waals surface area (Å²) in [5, 5.41) is 10.5. The van der Waals surface area contributed by atoms with Crippen molar-refractivity contribution in [2.45, 2.75) is 44.1 Å². The van der Waals surface area contributed by atoms with Crippen molar-refractivity contribution in [3.05, 3.63) is 47.5 Å². The van der Waals surface area contributed by atoms with Crippen molar-refractivity contribution in [2.24, 2.45) is 0 Å². The van der Waals surface area contributed by atoms with Crippen molar-refractivity contribution in [3.8, 4) is 29.1 Å². The number of likely N-dealkylation sites (N-methyl/N-ethyl adjacent to an activating group) is 1. The summed E-state index contributed by atoms with van der Waals surface area (Å²) in [5.74, 6) is 2.70. The van der Waals surface area contributed by atoms with Gasteiger partial charge in [-0.1, -0.05) is 12.1 Å². The molecule has 36 heavy (non-hydrogen) atoms. The van der Waals surface area contributed by atoms with Crippen LogP contribution >= 0.6 is 12.4 Å². The molecule has 0 bridgehead atoms. The molecule has 2 rings (SSSR count). The second-order valence-corrected chi connectivity index (χ2v) is 9.15. The van der Waals surface area contributed by atoms with Crippen molar-refractivity contribution in [1.29, 1.82) is 5.26 Å². The average Bonchev–Trinajstić information content (AvgIpc) is 2.89. The average molecular weight is 521 g/mol. The van der Waals surface area contributed by atoms with Gasteiger partial charge >= 0.3 is 0 Å². The Hall–Kier alpha value is -2.66. The second kappa shape index (κ2) is 14.2. The van der Waals surface area contributed by atoms with Gasteiger partial charge in [0.25, 0.3) is 0 Å². The molecule has 0 N–H and O–H groups in total. The van der Waals surface area contributed by atoms with Crippen LogP contribution in [0.2, 0.25) is 0 Å². The molecule has 0 radical (unpaired) electrons. The van der Waals surface area contributed by atoms with Crippen LogP contribution in [0.5, 0.6) is 23.0 Å². The van der Waals surface area contributed by atoms with Gasteiger partial charge in [0.1, 0.15) is 5.41 Å². The molecule has 0 amide bonds. The highest BCUT2D eigenvalue weighted by molar-refractivity contribution is 5.85. The fraction of sp³-hybridized carbons (Fsp3) is 0.536. The van der Waals surface area contributed by atoms with E-state index < -0.39 is 11.0 Å². The van der Waals surface area contributed by atoms with Crippen LogP contribution < -0.4 is 18.9 Å². The SMILES string of the molecule is COc1ccc(CCN(C)CCCC(C#N)(c2ccc(OC)c(OC)c2)C(C)(C)OC)cc1OC.Cl. The molecule has 2 aromatic carbocycles. The van der Waals surface area contributed by atoms with E-state index in [0.717, 1.165) is 43.0 Å². The number of hydrogen-bond acceptors (Lipinski definition) is 7. The summed E-state index contributed by atoms with van der Waals surface area (Å²) >= 11 is 0. The van der Waals surface area contributed by atoms with Crippen molar-refractivity contribution >= 4 is 12.4 Å². The summed E-state index contributed by atoms with van der Waals surface area (Å²) in [4.78, 5) is 2.28. The quantitative estimate of drug-likeness (QED) is 0.335. The second-order valence-electron chi connectivity index (χ2n) is 9.15. The maximum absolute atomic E-state index is 10.5. The first-order valence-electron chi connectivity index (χ1n) is 11.8. The Morgan fingerprint density at radius 1 is 0.806 bits per heavy atom. The van der Waals surface area contributed by atoms with E-state index in [1.165, 1.54) is 5.56 Å². The number of ether oxygens (including phenoxy) is 5. The fourth-order valence-corrected chi connectivity index (χ4v) is 4.41. The van der Waals surface area contributed by atoms with Crippen molar-refractivity contribution in [3.63, 3.8) is 0 Å². The van der Waals surface area contributed by atoms with Crippen LogP contribution in [0.1, 0.15) is 37.8 Å². The Labute approximate surface area is 222 Å². The van der Waals surface area contributed by atoms with Crippen LogP contribution in [0.4, 0.5) is 0 Å². The fourth-order valence-electron chi connectivity index (χ4n) is 4.41. The van der Waals surface area contributed by atoms with Gasteiger partial charge in [-0.15, -0.1) is 12.4 Å². The lowest BCUT2D eigenvalue weighted by molar-refractivity contribution is -0.0308. The molecule has 0 aliphatic carbocycles. The maximum atomic E-state index is 10.5. The van der Waals surface area contributed by atoms with Gasteiger partial charge in [-0.25, -0.2) is 0 Å². The smallest absolute Gasteiger partial charge is 0.161 e. The van der Waals surface area contributed by atoms with Gasteiger partial charge in [0, 0.05) is 13.7 Å². The van der Waals surface area contributed by atoms with Gasteiger partial charge in [0.2, 0.25) is 0 Å². The van der Waals surface area contributed by atoms with Crippen molar-refractivity contribution in [2.75, 3.05) is 55.7 Å². The van der Waals surface area contributed by atoms with Gasteiger partial charge in [-0.05, 0) is 82.1 Å². The van der Waals surface area contributed by atoms with E-state index >= 15 is 0 Å². The molecule has 2 aromatic rings. The van der Waals surface area contributed by atoms with Crippen LogP contribution in [0, 0.1) is 11.3 Å². The van der Waals surface area contributed by atoms with Crippen LogP contribution in [0.25, 0.3) is 0 Å². The number of hydrogen-bond donors (Lipinski definition) is 0. The van der Waals surface area contributed by atoms with Gasteiger partial charge in [-0.2, -0.15) is 5.26 Å². The molecule has 0 aromatic heterocycles.